The van der Waals surface area contributed by atoms with E-state index in [0.717, 1.165) is 5.56 Å². The number of hydrogen-bond donors (Lipinski definition) is 1. The Balaban J connectivity index is 1.95. The Kier molecular flexibility index (Phi) is 4.17. The van der Waals surface area contributed by atoms with E-state index in [-0.39, 0.29) is 11.1 Å². The first-order valence-corrected chi connectivity index (χ1v) is 7.51. The molecule has 0 saturated heterocycles. The third kappa shape index (κ3) is 3.12. The van der Waals surface area contributed by atoms with Gasteiger partial charge in [-0.25, -0.2) is 4.79 Å². The fourth-order valence-corrected chi connectivity index (χ4v) is 2.76. The Morgan fingerprint density at radius 2 is 1.83 bits per heavy atom. The van der Waals surface area contributed by atoms with Crippen LogP contribution < -0.4 is 5.56 Å². The van der Waals surface area contributed by atoms with Crippen LogP contribution in [-0.2, 0) is 4.74 Å². The maximum absolute atomic E-state index is 12.5. The van der Waals surface area contributed by atoms with E-state index < -0.39 is 12.1 Å². The number of halogens is 1. The molecule has 1 aromatic heterocycles. The molecule has 0 aliphatic heterocycles. The Hall–Kier alpha value is -2.59. The zero-order valence-corrected chi connectivity index (χ0v) is 13.1. The van der Waals surface area contributed by atoms with Gasteiger partial charge in [0, 0.05) is 27.6 Å². The zero-order chi connectivity index (χ0) is 16.4. The molecule has 116 valence electrons. The Morgan fingerprint density at radius 3 is 2.61 bits per heavy atom. The van der Waals surface area contributed by atoms with Gasteiger partial charge in [0.2, 0.25) is 5.56 Å². The topological polar surface area (TPSA) is 59.2 Å². The molecular weight excluding hydrogens is 314 g/mol. The van der Waals surface area contributed by atoms with E-state index >= 15 is 0 Å². The van der Waals surface area contributed by atoms with E-state index in [0.29, 0.717) is 15.9 Å². The largest absolute Gasteiger partial charge is 0.454 e. The molecule has 1 heterocycles. The van der Waals surface area contributed by atoms with Crippen molar-refractivity contribution in [1.82, 2.24) is 4.98 Å². The van der Waals surface area contributed by atoms with Crippen LogP contribution in [0.2, 0.25) is 5.02 Å². The maximum Gasteiger partial charge on any atom is 0.339 e. The Labute approximate surface area is 137 Å². The molecule has 0 amide bonds. The minimum Gasteiger partial charge on any atom is -0.454 e. The Bertz CT molecular complexity index is 933. The van der Waals surface area contributed by atoms with Crippen molar-refractivity contribution in [3.63, 3.8) is 0 Å². The molecule has 5 heteroatoms. The lowest BCUT2D eigenvalue weighted by Crippen LogP contribution is -2.14. The predicted molar refractivity (Wildman–Crippen MR) is 89.9 cm³/mol. The van der Waals surface area contributed by atoms with Gasteiger partial charge in [0.25, 0.3) is 0 Å². The highest BCUT2D eigenvalue weighted by Gasteiger charge is 2.18. The summed E-state index contributed by atoms with van der Waals surface area (Å²) in [7, 11) is 0. The number of hydrogen-bond acceptors (Lipinski definition) is 3. The van der Waals surface area contributed by atoms with Crippen LogP contribution in [0.25, 0.3) is 10.9 Å². The van der Waals surface area contributed by atoms with E-state index in [1.165, 1.54) is 6.07 Å². The van der Waals surface area contributed by atoms with Crippen molar-refractivity contribution in [3.05, 3.63) is 81.1 Å². The lowest BCUT2D eigenvalue weighted by molar-refractivity contribution is 0.0340. The number of H-pyrrole nitrogens is 1. The molecule has 0 aliphatic rings. The quantitative estimate of drug-likeness (QED) is 0.737. The highest BCUT2D eigenvalue weighted by molar-refractivity contribution is 6.31. The van der Waals surface area contributed by atoms with Crippen LogP contribution in [0.4, 0.5) is 0 Å². The third-order valence-electron chi connectivity index (χ3n) is 3.60. The van der Waals surface area contributed by atoms with Crippen LogP contribution >= 0.6 is 11.6 Å². The van der Waals surface area contributed by atoms with Crippen molar-refractivity contribution in [3.8, 4) is 0 Å². The number of benzene rings is 2. The number of aromatic amines is 1. The number of aromatic nitrogens is 1. The van der Waals surface area contributed by atoms with E-state index in [4.69, 9.17) is 16.3 Å². The molecule has 3 rings (SSSR count). The summed E-state index contributed by atoms with van der Waals surface area (Å²) in [6.07, 6.45) is -0.519. The molecule has 0 fully saturated rings. The summed E-state index contributed by atoms with van der Waals surface area (Å²) in [6.45, 7) is 1.74. The van der Waals surface area contributed by atoms with Crippen LogP contribution in [0, 0.1) is 0 Å². The SMILES string of the molecule is CC(OC(=O)c1cc(=O)[nH]c2ccccc12)c1ccccc1Cl. The maximum atomic E-state index is 12.5. The van der Waals surface area contributed by atoms with E-state index in [1.54, 1.807) is 43.3 Å². The number of pyridine rings is 1. The average molecular weight is 328 g/mol. The fraction of sp³-hybridized carbons (Fsp3) is 0.111. The number of esters is 1. The number of fused-ring (bicyclic) bond motifs is 1. The minimum absolute atomic E-state index is 0.239. The van der Waals surface area contributed by atoms with Gasteiger partial charge in [-0.3, -0.25) is 4.79 Å². The fourth-order valence-electron chi connectivity index (χ4n) is 2.47. The first-order valence-electron chi connectivity index (χ1n) is 7.14. The lowest BCUT2D eigenvalue weighted by Gasteiger charge is -2.15. The summed E-state index contributed by atoms with van der Waals surface area (Å²) in [5, 5.41) is 1.17. The standard InChI is InChI=1S/C18H14ClNO3/c1-11(12-6-2-4-8-15(12)19)23-18(22)14-10-17(21)20-16-9-5-3-7-13(14)16/h2-11H,1H3,(H,20,21). The molecule has 23 heavy (non-hydrogen) atoms. The molecule has 2 aromatic carbocycles. The minimum atomic E-state index is -0.556. The van der Waals surface area contributed by atoms with Gasteiger partial charge >= 0.3 is 5.97 Å². The van der Waals surface area contributed by atoms with Crippen LogP contribution in [0.1, 0.15) is 28.9 Å². The molecule has 3 aromatic rings. The number of ether oxygens (including phenoxy) is 1. The van der Waals surface area contributed by atoms with Gasteiger partial charge in [0.1, 0.15) is 6.10 Å². The predicted octanol–water partition coefficient (Wildman–Crippen LogP) is 4.10. The number of carbonyl (C=O) groups excluding carboxylic acids is 1. The molecule has 0 saturated carbocycles. The van der Waals surface area contributed by atoms with Gasteiger partial charge in [-0.15, -0.1) is 0 Å². The number of rotatable bonds is 3. The van der Waals surface area contributed by atoms with Crippen molar-refractivity contribution >= 4 is 28.5 Å². The van der Waals surface area contributed by atoms with Crippen molar-refractivity contribution in [1.29, 1.82) is 0 Å². The van der Waals surface area contributed by atoms with Gasteiger partial charge in [-0.2, -0.15) is 0 Å². The average Bonchev–Trinajstić information content (AvgIpc) is 2.54. The Morgan fingerprint density at radius 1 is 1.13 bits per heavy atom. The molecule has 0 bridgehead atoms. The van der Waals surface area contributed by atoms with Crippen molar-refractivity contribution in [2.75, 3.05) is 0 Å². The number of carbonyl (C=O) groups is 1. The number of nitrogens with one attached hydrogen (secondary N) is 1. The third-order valence-corrected chi connectivity index (χ3v) is 3.94. The smallest absolute Gasteiger partial charge is 0.339 e. The summed E-state index contributed by atoms with van der Waals surface area (Å²) in [4.78, 5) is 26.9. The van der Waals surface area contributed by atoms with Crippen LogP contribution in [0.15, 0.2) is 59.4 Å². The van der Waals surface area contributed by atoms with E-state index in [1.807, 2.05) is 12.1 Å². The molecule has 1 unspecified atom stereocenters. The highest BCUT2D eigenvalue weighted by atomic mass is 35.5. The summed E-state index contributed by atoms with van der Waals surface area (Å²) >= 11 is 6.12. The molecule has 0 spiro atoms. The molecule has 0 radical (unpaired) electrons. The second kappa shape index (κ2) is 6.26. The van der Waals surface area contributed by atoms with E-state index in [9.17, 15) is 9.59 Å². The van der Waals surface area contributed by atoms with Gasteiger partial charge < -0.3 is 9.72 Å². The second-order valence-electron chi connectivity index (χ2n) is 5.16. The van der Waals surface area contributed by atoms with Crippen molar-refractivity contribution in [2.45, 2.75) is 13.0 Å². The molecular formula is C18H14ClNO3. The van der Waals surface area contributed by atoms with Crippen molar-refractivity contribution in [2.24, 2.45) is 0 Å². The first kappa shape index (κ1) is 15.3. The zero-order valence-electron chi connectivity index (χ0n) is 12.4. The molecule has 1 atom stereocenters. The number of para-hydroxylation sites is 1. The van der Waals surface area contributed by atoms with Crippen molar-refractivity contribution < 1.29 is 9.53 Å². The summed E-state index contributed by atoms with van der Waals surface area (Å²) < 4.78 is 5.49. The summed E-state index contributed by atoms with van der Waals surface area (Å²) in [5.74, 6) is -0.556. The summed E-state index contributed by atoms with van der Waals surface area (Å²) in [5.41, 5.74) is 1.21. The molecule has 1 N–H and O–H groups in total. The summed E-state index contributed by atoms with van der Waals surface area (Å²) in [6, 6.07) is 15.5. The molecule has 4 nitrogen and oxygen atoms in total. The molecule has 0 aliphatic carbocycles. The van der Waals surface area contributed by atoms with Gasteiger partial charge in [-0.05, 0) is 19.1 Å². The highest BCUT2D eigenvalue weighted by Crippen LogP contribution is 2.26. The van der Waals surface area contributed by atoms with Gasteiger partial charge in [-0.1, -0.05) is 48.0 Å². The lowest BCUT2D eigenvalue weighted by atomic mass is 10.1. The van der Waals surface area contributed by atoms with Gasteiger partial charge in [0.05, 0.1) is 5.56 Å². The monoisotopic (exact) mass is 327 g/mol. The van der Waals surface area contributed by atoms with Crippen LogP contribution in [0.5, 0.6) is 0 Å². The van der Waals surface area contributed by atoms with Gasteiger partial charge in [0.15, 0.2) is 0 Å². The first-order chi connectivity index (χ1) is 11.1. The second-order valence-corrected chi connectivity index (χ2v) is 5.57. The van der Waals surface area contributed by atoms with Crippen LogP contribution in [-0.4, -0.2) is 11.0 Å². The normalized spacial score (nSPS) is 12.1. The van der Waals surface area contributed by atoms with Crippen LogP contribution in [0.3, 0.4) is 0 Å². The van der Waals surface area contributed by atoms with E-state index in [2.05, 4.69) is 4.98 Å².